The summed E-state index contributed by atoms with van der Waals surface area (Å²) in [7, 11) is 0. The first kappa shape index (κ1) is 12.4. The zero-order valence-electron chi connectivity index (χ0n) is 10.9. The highest BCUT2D eigenvalue weighted by molar-refractivity contribution is 4.93. The highest BCUT2D eigenvalue weighted by Crippen LogP contribution is 2.47. The van der Waals surface area contributed by atoms with Gasteiger partial charge in [0.1, 0.15) is 0 Å². The second-order valence-electron chi connectivity index (χ2n) is 5.88. The van der Waals surface area contributed by atoms with Gasteiger partial charge in [0.15, 0.2) is 0 Å². The van der Waals surface area contributed by atoms with Gasteiger partial charge in [0, 0.05) is 6.54 Å². The van der Waals surface area contributed by atoms with E-state index in [4.69, 9.17) is 0 Å². The molecule has 2 aliphatic rings. The van der Waals surface area contributed by atoms with E-state index >= 15 is 0 Å². The maximum atomic E-state index is 3.66. The first-order chi connectivity index (χ1) is 7.85. The summed E-state index contributed by atoms with van der Waals surface area (Å²) in [4.78, 5) is 0. The van der Waals surface area contributed by atoms with E-state index in [0.29, 0.717) is 5.41 Å². The topological polar surface area (TPSA) is 24.1 Å². The predicted molar refractivity (Wildman–Crippen MR) is 69.7 cm³/mol. The number of hydrogen-bond acceptors (Lipinski definition) is 2. The van der Waals surface area contributed by atoms with Crippen molar-refractivity contribution in [1.82, 2.24) is 10.6 Å². The molecule has 0 bridgehead atoms. The molecule has 2 rings (SSSR count). The summed E-state index contributed by atoms with van der Waals surface area (Å²) in [5, 5.41) is 7.16. The third-order valence-electron chi connectivity index (χ3n) is 4.57. The van der Waals surface area contributed by atoms with Gasteiger partial charge in [-0.2, -0.15) is 0 Å². The fourth-order valence-electron chi connectivity index (χ4n) is 2.87. The normalized spacial score (nSPS) is 27.9. The van der Waals surface area contributed by atoms with Gasteiger partial charge in [-0.25, -0.2) is 0 Å². The zero-order chi connectivity index (χ0) is 11.3. The minimum atomic E-state index is 0.715. The van der Waals surface area contributed by atoms with Crippen LogP contribution in [0.15, 0.2) is 0 Å². The summed E-state index contributed by atoms with van der Waals surface area (Å²) in [5.74, 6) is 0.955. The molecule has 1 atom stereocenters. The van der Waals surface area contributed by atoms with E-state index in [1.54, 1.807) is 0 Å². The zero-order valence-corrected chi connectivity index (χ0v) is 10.9. The number of nitrogens with one attached hydrogen (secondary N) is 2. The van der Waals surface area contributed by atoms with Crippen LogP contribution < -0.4 is 10.6 Å². The van der Waals surface area contributed by atoms with Crippen LogP contribution in [0.25, 0.3) is 0 Å². The Hall–Kier alpha value is -0.0800. The minimum Gasteiger partial charge on any atom is -0.316 e. The van der Waals surface area contributed by atoms with Crippen molar-refractivity contribution in [2.45, 2.75) is 51.9 Å². The van der Waals surface area contributed by atoms with E-state index in [1.807, 2.05) is 0 Å². The molecule has 0 aromatic rings. The molecular formula is C14H28N2. The van der Waals surface area contributed by atoms with Crippen LogP contribution in [0.5, 0.6) is 0 Å². The second kappa shape index (κ2) is 6.02. The molecule has 1 aliphatic carbocycles. The fraction of sp³-hybridized carbons (Fsp3) is 1.00. The molecule has 2 N–H and O–H groups in total. The Kier molecular flexibility index (Phi) is 4.66. The molecule has 0 radical (unpaired) electrons. The number of piperidine rings is 1. The Bertz CT molecular complexity index is 193. The third-order valence-corrected chi connectivity index (χ3v) is 4.57. The fourth-order valence-corrected chi connectivity index (χ4v) is 2.87. The lowest BCUT2D eigenvalue weighted by Gasteiger charge is -2.22. The molecule has 0 spiro atoms. The van der Waals surface area contributed by atoms with Crippen LogP contribution in [0.2, 0.25) is 0 Å². The standard InChI is InChI=1S/C14H28N2/c1-2-14(7-8-14)12-16-10-4-6-13-5-3-9-15-11-13/h13,15-16H,2-12H2,1H3. The molecule has 1 aliphatic heterocycles. The van der Waals surface area contributed by atoms with Crippen LogP contribution in [0.3, 0.4) is 0 Å². The summed E-state index contributed by atoms with van der Waals surface area (Å²) in [6.07, 6.45) is 9.91. The third kappa shape index (κ3) is 3.74. The lowest BCUT2D eigenvalue weighted by atomic mass is 9.95. The van der Waals surface area contributed by atoms with Gasteiger partial charge < -0.3 is 10.6 Å². The van der Waals surface area contributed by atoms with Gasteiger partial charge in [-0.1, -0.05) is 6.92 Å². The van der Waals surface area contributed by atoms with Crippen molar-refractivity contribution in [3.8, 4) is 0 Å². The van der Waals surface area contributed by atoms with Crippen LogP contribution in [-0.4, -0.2) is 26.2 Å². The highest BCUT2D eigenvalue weighted by Gasteiger charge is 2.39. The van der Waals surface area contributed by atoms with Crippen molar-refractivity contribution < 1.29 is 0 Å². The van der Waals surface area contributed by atoms with Gasteiger partial charge in [-0.15, -0.1) is 0 Å². The van der Waals surface area contributed by atoms with Crippen LogP contribution in [0.1, 0.15) is 51.9 Å². The van der Waals surface area contributed by atoms with Crippen molar-refractivity contribution in [3.63, 3.8) is 0 Å². The smallest absolute Gasteiger partial charge is 0.000771 e. The summed E-state index contributed by atoms with van der Waals surface area (Å²) < 4.78 is 0. The average Bonchev–Trinajstić information content (AvgIpc) is 3.11. The molecule has 1 saturated heterocycles. The van der Waals surface area contributed by atoms with Crippen LogP contribution in [0, 0.1) is 11.3 Å². The number of rotatable bonds is 7. The predicted octanol–water partition coefficient (Wildman–Crippen LogP) is 2.55. The minimum absolute atomic E-state index is 0.715. The van der Waals surface area contributed by atoms with Crippen molar-refractivity contribution in [2.24, 2.45) is 11.3 Å². The summed E-state index contributed by atoms with van der Waals surface area (Å²) in [6.45, 7) is 7.35. The van der Waals surface area contributed by atoms with Crippen molar-refractivity contribution in [2.75, 3.05) is 26.2 Å². The molecule has 2 heteroatoms. The Balaban J connectivity index is 1.45. The Labute approximate surface area is 101 Å². The lowest BCUT2D eigenvalue weighted by molar-refractivity contribution is 0.344. The monoisotopic (exact) mass is 224 g/mol. The molecule has 2 nitrogen and oxygen atoms in total. The van der Waals surface area contributed by atoms with E-state index in [-0.39, 0.29) is 0 Å². The first-order valence-electron chi connectivity index (χ1n) is 7.26. The highest BCUT2D eigenvalue weighted by atomic mass is 14.9. The van der Waals surface area contributed by atoms with Gasteiger partial charge >= 0.3 is 0 Å². The van der Waals surface area contributed by atoms with Crippen molar-refractivity contribution >= 4 is 0 Å². The SMILES string of the molecule is CCC1(CNCCCC2CCCNC2)CC1. The second-order valence-corrected chi connectivity index (χ2v) is 5.88. The molecule has 2 fully saturated rings. The molecule has 0 aromatic carbocycles. The van der Waals surface area contributed by atoms with Gasteiger partial charge in [0.2, 0.25) is 0 Å². The molecular weight excluding hydrogens is 196 g/mol. The quantitative estimate of drug-likeness (QED) is 0.649. The average molecular weight is 224 g/mol. The Morgan fingerprint density at radius 1 is 1.38 bits per heavy atom. The number of hydrogen-bond donors (Lipinski definition) is 2. The summed E-state index contributed by atoms with van der Waals surface area (Å²) in [5.41, 5.74) is 0.715. The molecule has 16 heavy (non-hydrogen) atoms. The lowest BCUT2D eigenvalue weighted by Crippen LogP contribution is -2.30. The Morgan fingerprint density at radius 2 is 2.25 bits per heavy atom. The van der Waals surface area contributed by atoms with E-state index < -0.39 is 0 Å². The summed E-state index contributed by atoms with van der Waals surface area (Å²) >= 11 is 0. The largest absolute Gasteiger partial charge is 0.316 e. The van der Waals surface area contributed by atoms with Crippen LogP contribution >= 0.6 is 0 Å². The molecule has 0 amide bonds. The van der Waals surface area contributed by atoms with Crippen molar-refractivity contribution in [3.05, 3.63) is 0 Å². The summed E-state index contributed by atoms with van der Waals surface area (Å²) in [6, 6.07) is 0. The molecule has 1 unspecified atom stereocenters. The van der Waals surface area contributed by atoms with E-state index in [0.717, 1.165) is 5.92 Å². The van der Waals surface area contributed by atoms with E-state index in [1.165, 1.54) is 71.1 Å². The molecule has 1 heterocycles. The molecule has 1 saturated carbocycles. The maximum Gasteiger partial charge on any atom is 0.000771 e. The molecule has 0 aromatic heterocycles. The van der Waals surface area contributed by atoms with Crippen molar-refractivity contribution in [1.29, 1.82) is 0 Å². The Morgan fingerprint density at radius 3 is 2.88 bits per heavy atom. The maximum absolute atomic E-state index is 3.66. The van der Waals surface area contributed by atoms with Gasteiger partial charge in [0.25, 0.3) is 0 Å². The van der Waals surface area contributed by atoms with E-state index in [2.05, 4.69) is 17.6 Å². The molecule has 94 valence electrons. The van der Waals surface area contributed by atoms with E-state index in [9.17, 15) is 0 Å². The first-order valence-corrected chi connectivity index (χ1v) is 7.26. The van der Waals surface area contributed by atoms with Gasteiger partial charge in [0.05, 0.1) is 0 Å². The van der Waals surface area contributed by atoms with Gasteiger partial charge in [-0.05, 0) is 75.9 Å². The van der Waals surface area contributed by atoms with Crippen LogP contribution in [0.4, 0.5) is 0 Å². The van der Waals surface area contributed by atoms with Gasteiger partial charge in [-0.3, -0.25) is 0 Å². The van der Waals surface area contributed by atoms with Crippen LogP contribution in [-0.2, 0) is 0 Å².